The number of aliphatic hydroxyl groups is 1. The molecule has 4 rings (SSSR count). The van der Waals surface area contributed by atoms with Crippen LogP contribution in [-0.2, 0) is 13.0 Å². The molecule has 0 aliphatic heterocycles. The van der Waals surface area contributed by atoms with Crippen LogP contribution in [0.3, 0.4) is 0 Å². The lowest BCUT2D eigenvalue weighted by Gasteiger charge is -2.11. The van der Waals surface area contributed by atoms with Crippen LogP contribution in [0.5, 0.6) is 11.5 Å². The van der Waals surface area contributed by atoms with Gasteiger partial charge in [0.25, 0.3) is 5.56 Å². The Bertz CT molecular complexity index is 1280. The van der Waals surface area contributed by atoms with Gasteiger partial charge >= 0.3 is 0 Å². The Labute approximate surface area is 172 Å². The highest BCUT2D eigenvalue weighted by atomic mass is 16.5. The maximum absolute atomic E-state index is 12.6. The van der Waals surface area contributed by atoms with E-state index in [-0.39, 0.29) is 12.2 Å². The zero-order valence-corrected chi connectivity index (χ0v) is 17.0. The number of nitrogens with zero attached hydrogens (tertiary/aromatic N) is 3. The molecule has 8 nitrogen and oxygen atoms in total. The second-order valence-electron chi connectivity index (χ2n) is 6.98. The monoisotopic (exact) mass is 406 g/mol. The summed E-state index contributed by atoms with van der Waals surface area (Å²) in [5.74, 6) is 2.15. The molecule has 0 aliphatic carbocycles. The SMILES string of the molecule is COc1cc2nc(Cc3cnc(-n4ccc(C)c4)cc3CO)[nH]c(=O)c2cc1OC. The van der Waals surface area contributed by atoms with Crippen LogP contribution in [0.1, 0.15) is 22.5 Å². The van der Waals surface area contributed by atoms with Crippen molar-refractivity contribution in [2.75, 3.05) is 14.2 Å². The summed E-state index contributed by atoms with van der Waals surface area (Å²) >= 11 is 0. The van der Waals surface area contributed by atoms with E-state index in [0.717, 1.165) is 16.7 Å². The number of aliphatic hydroxyl groups excluding tert-OH is 1. The number of aryl methyl sites for hydroxylation is 1. The summed E-state index contributed by atoms with van der Waals surface area (Å²) in [5, 5.41) is 10.3. The van der Waals surface area contributed by atoms with Crippen molar-refractivity contribution in [1.82, 2.24) is 19.5 Å². The van der Waals surface area contributed by atoms with E-state index in [9.17, 15) is 9.90 Å². The first-order chi connectivity index (χ1) is 14.5. The molecule has 0 spiro atoms. The fourth-order valence-electron chi connectivity index (χ4n) is 3.38. The van der Waals surface area contributed by atoms with Crippen molar-refractivity contribution >= 4 is 10.9 Å². The lowest BCUT2D eigenvalue weighted by atomic mass is 10.1. The average molecular weight is 406 g/mol. The summed E-state index contributed by atoms with van der Waals surface area (Å²) in [6, 6.07) is 7.11. The van der Waals surface area contributed by atoms with Crippen LogP contribution in [-0.4, -0.2) is 38.8 Å². The number of H-pyrrole nitrogens is 1. The smallest absolute Gasteiger partial charge is 0.258 e. The molecule has 3 aromatic heterocycles. The predicted molar refractivity (Wildman–Crippen MR) is 112 cm³/mol. The molecule has 0 atom stereocenters. The van der Waals surface area contributed by atoms with Crippen LogP contribution in [0.15, 0.2) is 47.7 Å². The van der Waals surface area contributed by atoms with Gasteiger partial charge in [-0.3, -0.25) is 4.79 Å². The molecule has 1 aromatic carbocycles. The molecule has 0 unspecified atom stereocenters. The number of hydrogen-bond donors (Lipinski definition) is 2. The molecule has 154 valence electrons. The van der Waals surface area contributed by atoms with Crippen molar-refractivity contribution in [3.63, 3.8) is 0 Å². The zero-order chi connectivity index (χ0) is 21.3. The second kappa shape index (κ2) is 8.00. The third-order valence-electron chi connectivity index (χ3n) is 4.96. The van der Waals surface area contributed by atoms with E-state index >= 15 is 0 Å². The second-order valence-corrected chi connectivity index (χ2v) is 6.98. The Morgan fingerprint density at radius 2 is 1.90 bits per heavy atom. The highest BCUT2D eigenvalue weighted by Crippen LogP contribution is 2.30. The topological polar surface area (TPSA) is 102 Å². The number of methoxy groups -OCH3 is 2. The maximum atomic E-state index is 12.6. The number of nitrogens with one attached hydrogen (secondary N) is 1. The van der Waals surface area contributed by atoms with E-state index in [1.807, 2.05) is 36.0 Å². The molecule has 0 radical (unpaired) electrons. The van der Waals surface area contributed by atoms with Crippen LogP contribution in [0.2, 0.25) is 0 Å². The highest BCUT2D eigenvalue weighted by molar-refractivity contribution is 5.81. The molecule has 0 fully saturated rings. The minimum Gasteiger partial charge on any atom is -0.493 e. The van der Waals surface area contributed by atoms with Crippen molar-refractivity contribution < 1.29 is 14.6 Å². The molecule has 3 heterocycles. The zero-order valence-electron chi connectivity index (χ0n) is 17.0. The minimum absolute atomic E-state index is 0.145. The number of hydrogen-bond acceptors (Lipinski definition) is 6. The lowest BCUT2D eigenvalue weighted by molar-refractivity contribution is 0.280. The first kappa shape index (κ1) is 19.7. The van der Waals surface area contributed by atoms with Crippen LogP contribution in [0, 0.1) is 6.92 Å². The molecule has 0 aliphatic rings. The van der Waals surface area contributed by atoms with Gasteiger partial charge in [0.05, 0.1) is 31.7 Å². The molecule has 0 saturated heterocycles. The van der Waals surface area contributed by atoms with Crippen molar-refractivity contribution in [1.29, 1.82) is 0 Å². The summed E-state index contributed by atoms with van der Waals surface area (Å²) in [6.45, 7) is 1.86. The fraction of sp³-hybridized carbons (Fsp3) is 0.227. The maximum Gasteiger partial charge on any atom is 0.258 e. The van der Waals surface area contributed by atoms with E-state index in [1.165, 1.54) is 14.2 Å². The molecule has 8 heteroatoms. The van der Waals surface area contributed by atoms with Crippen LogP contribution in [0.4, 0.5) is 0 Å². The van der Waals surface area contributed by atoms with Crippen molar-refractivity contribution in [3.05, 3.63) is 75.7 Å². The third kappa shape index (κ3) is 3.65. The number of pyridine rings is 1. The Morgan fingerprint density at radius 3 is 2.57 bits per heavy atom. The Hall–Kier alpha value is -3.65. The van der Waals surface area contributed by atoms with E-state index < -0.39 is 0 Å². The highest BCUT2D eigenvalue weighted by Gasteiger charge is 2.13. The van der Waals surface area contributed by atoms with Crippen LogP contribution in [0.25, 0.3) is 16.7 Å². The van der Waals surface area contributed by atoms with Gasteiger partial charge in [0.1, 0.15) is 11.6 Å². The van der Waals surface area contributed by atoms with Gasteiger partial charge in [-0.25, -0.2) is 9.97 Å². The molecule has 0 bridgehead atoms. The average Bonchev–Trinajstić information content (AvgIpc) is 3.19. The molecule has 30 heavy (non-hydrogen) atoms. The standard InChI is InChI=1S/C22H22N4O4/c1-13-4-5-26(11-13)21-7-15(12-27)14(10-23-21)6-20-24-17-9-19(30-3)18(29-2)8-16(17)22(28)25-20/h4-5,7-11,27H,6,12H2,1-3H3,(H,24,25,28). The van der Waals surface area contributed by atoms with Crippen molar-refractivity contribution in [2.24, 2.45) is 0 Å². The Morgan fingerprint density at radius 1 is 1.13 bits per heavy atom. The van der Waals surface area contributed by atoms with Crippen molar-refractivity contribution in [2.45, 2.75) is 20.0 Å². The summed E-state index contributed by atoms with van der Waals surface area (Å²) in [5.41, 5.74) is 2.86. The number of benzene rings is 1. The number of ether oxygens (including phenoxy) is 2. The molecular formula is C22H22N4O4. The van der Waals surface area contributed by atoms with Gasteiger partial charge in [-0.05, 0) is 41.8 Å². The van der Waals surface area contributed by atoms with E-state index in [0.29, 0.717) is 40.5 Å². The van der Waals surface area contributed by atoms with E-state index in [2.05, 4.69) is 15.0 Å². The first-order valence-electron chi connectivity index (χ1n) is 9.41. The van der Waals surface area contributed by atoms with Crippen LogP contribution >= 0.6 is 0 Å². The molecule has 0 amide bonds. The first-order valence-corrected chi connectivity index (χ1v) is 9.41. The normalized spacial score (nSPS) is 11.1. The van der Waals surface area contributed by atoms with E-state index in [1.54, 1.807) is 18.3 Å². The summed E-state index contributed by atoms with van der Waals surface area (Å²) in [6.07, 6.45) is 5.91. The molecule has 0 saturated carbocycles. The van der Waals surface area contributed by atoms with Gasteiger partial charge in [-0.1, -0.05) is 0 Å². The van der Waals surface area contributed by atoms with Gasteiger partial charge in [-0.2, -0.15) is 0 Å². The number of aromatic nitrogens is 4. The van der Waals surface area contributed by atoms with Crippen molar-refractivity contribution in [3.8, 4) is 17.3 Å². The molecule has 2 N–H and O–H groups in total. The lowest BCUT2D eigenvalue weighted by Crippen LogP contribution is -2.13. The third-order valence-corrected chi connectivity index (χ3v) is 4.96. The quantitative estimate of drug-likeness (QED) is 0.510. The minimum atomic E-state index is -0.270. The number of rotatable bonds is 6. The van der Waals surface area contributed by atoms with Crippen LogP contribution < -0.4 is 15.0 Å². The fourth-order valence-corrected chi connectivity index (χ4v) is 3.38. The van der Waals surface area contributed by atoms with Gasteiger partial charge < -0.3 is 24.1 Å². The Balaban J connectivity index is 1.72. The molecular weight excluding hydrogens is 384 g/mol. The number of aromatic amines is 1. The summed E-state index contributed by atoms with van der Waals surface area (Å²) in [4.78, 5) is 24.5. The van der Waals surface area contributed by atoms with E-state index in [4.69, 9.17) is 9.47 Å². The largest absolute Gasteiger partial charge is 0.493 e. The Kier molecular flexibility index (Phi) is 5.24. The van der Waals surface area contributed by atoms with Gasteiger partial charge in [0.2, 0.25) is 0 Å². The van der Waals surface area contributed by atoms with Gasteiger partial charge in [-0.15, -0.1) is 0 Å². The van der Waals surface area contributed by atoms with Gasteiger partial charge in [0.15, 0.2) is 11.5 Å². The summed E-state index contributed by atoms with van der Waals surface area (Å²) < 4.78 is 12.5. The molecule has 4 aromatic rings. The van der Waals surface area contributed by atoms with Gasteiger partial charge in [0, 0.05) is 31.1 Å². The predicted octanol–water partition coefficient (Wildman–Crippen LogP) is 2.52. The number of fused-ring (bicyclic) bond motifs is 1. The summed E-state index contributed by atoms with van der Waals surface area (Å²) in [7, 11) is 3.05.